The monoisotopic (exact) mass is 286 g/mol. The predicted octanol–water partition coefficient (Wildman–Crippen LogP) is 4.24. The summed E-state index contributed by atoms with van der Waals surface area (Å²) in [5, 5.41) is 3.77. The van der Waals surface area contributed by atoms with Crippen LogP contribution < -0.4 is 5.32 Å². The Labute approximate surface area is 123 Å². The lowest BCUT2D eigenvalue weighted by molar-refractivity contribution is 0.104. The van der Waals surface area contributed by atoms with E-state index in [1.54, 1.807) is 30.6 Å². The molecule has 0 atom stereocenters. The van der Waals surface area contributed by atoms with E-state index in [0.29, 0.717) is 10.6 Å². The van der Waals surface area contributed by atoms with Gasteiger partial charge in [-0.25, -0.2) is 0 Å². The molecule has 0 aliphatic rings. The van der Waals surface area contributed by atoms with Gasteiger partial charge in [-0.1, -0.05) is 17.7 Å². The van der Waals surface area contributed by atoms with Gasteiger partial charge in [0.15, 0.2) is 5.78 Å². The standard InChI is InChI=1S/C16H15ClN2O/c1-11-3-4-14(17)15(9-11)19-12(2)10-16(20)13-5-7-18-8-6-13/h3-10,19H,1-2H3/b12-10+. The van der Waals surface area contributed by atoms with Crippen LogP contribution in [0.4, 0.5) is 5.69 Å². The molecular formula is C16H15ClN2O. The number of aryl methyl sites for hydroxylation is 1. The first-order valence-electron chi connectivity index (χ1n) is 6.22. The van der Waals surface area contributed by atoms with Crippen LogP contribution in [0.3, 0.4) is 0 Å². The molecule has 0 radical (unpaired) electrons. The number of carbonyl (C=O) groups excluding carboxylic acids is 1. The van der Waals surface area contributed by atoms with Gasteiger partial charge in [0, 0.05) is 29.7 Å². The zero-order valence-electron chi connectivity index (χ0n) is 11.4. The maximum Gasteiger partial charge on any atom is 0.187 e. The van der Waals surface area contributed by atoms with E-state index in [9.17, 15) is 4.79 Å². The Morgan fingerprint density at radius 1 is 1.25 bits per heavy atom. The number of benzene rings is 1. The van der Waals surface area contributed by atoms with Crippen molar-refractivity contribution in [1.29, 1.82) is 0 Å². The molecule has 0 unspecified atom stereocenters. The molecule has 1 heterocycles. The summed E-state index contributed by atoms with van der Waals surface area (Å²) in [6, 6.07) is 9.08. The average Bonchev–Trinajstić information content (AvgIpc) is 2.43. The maximum absolute atomic E-state index is 12.0. The zero-order valence-corrected chi connectivity index (χ0v) is 12.1. The number of nitrogens with zero attached hydrogens (tertiary/aromatic N) is 1. The minimum Gasteiger partial charge on any atom is -0.358 e. The van der Waals surface area contributed by atoms with Crippen molar-refractivity contribution in [1.82, 2.24) is 4.98 Å². The Balaban J connectivity index is 2.15. The predicted molar refractivity (Wildman–Crippen MR) is 82.1 cm³/mol. The zero-order chi connectivity index (χ0) is 14.5. The number of anilines is 1. The molecular weight excluding hydrogens is 272 g/mol. The summed E-state index contributed by atoms with van der Waals surface area (Å²) in [4.78, 5) is 15.9. The van der Waals surface area contributed by atoms with E-state index in [1.165, 1.54) is 0 Å². The maximum atomic E-state index is 12.0. The van der Waals surface area contributed by atoms with Gasteiger partial charge in [-0.2, -0.15) is 0 Å². The summed E-state index contributed by atoms with van der Waals surface area (Å²) in [5.74, 6) is -0.0684. The molecule has 2 aromatic rings. The van der Waals surface area contributed by atoms with Crippen LogP contribution in [0.5, 0.6) is 0 Å². The second-order valence-electron chi connectivity index (χ2n) is 4.54. The molecule has 0 fully saturated rings. The number of ketones is 1. The van der Waals surface area contributed by atoms with Crippen LogP contribution in [0, 0.1) is 6.92 Å². The van der Waals surface area contributed by atoms with Crippen LogP contribution in [0.25, 0.3) is 0 Å². The highest BCUT2D eigenvalue weighted by Gasteiger charge is 2.04. The number of hydrogen-bond donors (Lipinski definition) is 1. The lowest BCUT2D eigenvalue weighted by atomic mass is 10.1. The van der Waals surface area contributed by atoms with Gasteiger partial charge < -0.3 is 5.32 Å². The molecule has 0 bridgehead atoms. The molecule has 20 heavy (non-hydrogen) atoms. The number of nitrogens with one attached hydrogen (secondary N) is 1. The molecule has 4 heteroatoms. The smallest absolute Gasteiger partial charge is 0.187 e. The van der Waals surface area contributed by atoms with Gasteiger partial charge in [0.2, 0.25) is 0 Å². The van der Waals surface area contributed by atoms with Crippen molar-refractivity contribution < 1.29 is 4.79 Å². The van der Waals surface area contributed by atoms with Crippen molar-refractivity contribution in [3.8, 4) is 0 Å². The molecule has 1 N–H and O–H groups in total. The summed E-state index contributed by atoms with van der Waals surface area (Å²) in [7, 11) is 0. The largest absolute Gasteiger partial charge is 0.358 e. The number of carbonyl (C=O) groups is 1. The number of hydrogen-bond acceptors (Lipinski definition) is 3. The van der Waals surface area contributed by atoms with Crippen LogP contribution in [0.2, 0.25) is 5.02 Å². The highest BCUT2D eigenvalue weighted by Crippen LogP contribution is 2.24. The van der Waals surface area contributed by atoms with Crippen LogP contribution >= 0.6 is 11.6 Å². The molecule has 0 saturated heterocycles. The van der Waals surface area contributed by atoms with Crippen LogP contribution in [-0.4, -0.2) is 10.8 Å². The van der Waals surface area contributed by atoms with Gasteiger partial charge in [0.1, 0.15) is 0 Å². The van der Waals surface area contributed by atoms with Crippen molar-refractivity contribution in [3.05, 3.63) is 70.6 Å². The van der Waals surface area contributed by atoms with Crippen molar-refractivity contribution in [2.45, 2.75) is 13.8 Å². The average molecular weight is 287 g/mol. The Bertz CT molecular complexity index is 651. The third-order valence-corrected chi connectivity index (χ3v) is 3.10. The summed E-state index contributed by atoms with van der Waals surface area (Å²) >= 11 is 6.11. The molecule has 102 valence electrons. The van der Waals surface area contributed by atoms with Gasteiger partial charge in [0.25, 0.3) is 0 Å². The summed E-state index contributed by atoms with van der Waals surface area (Å²) in [6.45, 7) is 3.82. The van der Waals surface area contributed by atoms with Gasteiger partial charge in [-0.05, 0) is 43.7 Å². The first-order valence-corrected chi connectivity index (χ1v) is 6.60. The Kier molecular flexibility index (Phi) is 4.53. The molecule has 0 saturated carbocycles. The summed E-state index contributed by atoms with van der Waals surface area (Å²) in [6.07, 6.45) is 4.75. The third kappa shape index (κ3) is 3.68. The van der Waals surface area contributed by atoms with Crippen molar-refractivity contribution in [2.75, 3.05) is 5.32 Å². The van der Waals surface area contributed by atoms with Crippen molar-refractivity contribution >= 4 is 23.1 Å². The molecule has 0 spiro atoms. The van der Waals surface area contributed by atoms with E-state index in [4.69, 9.17) is 11.6 Å². The molecule has 0 amide bonds. The fourth-order valence-electron chi connectivity index (χ4n) is 1.78. The third-order valence-electron chi connectivity index (χ3n) is 2.77. The first kappa shape index (κ1) is 14.3. The second-order valence-corrected chi connectivity index (χ2v) is 4.94. The number of halogens is 1. The minimum atomic E-state index is -0.0684. The topological polar surface area (TPSA) is 42.0 Å². The van der Waals surface area contributed by atoms with E-state index < -0.39 is 0 Å². The van der Waals surface area contributed by atoms with Gasteiger partial charge >= 0.3 is 0 Å². The molecule has 1 aromatic carbocycles. The molecule has 0 aliphatic heterocycles. The summed E-state index contributed by atoms with van der Waals surface area (Å²) < 4.78 is 0. The van der Waals surface area contributed by atoms with E-state index in [0.717, 1.165) is 16.9 Å². The second kappa shape index (κ2) is 6.35. The van der Waals surface area contributed by atoms with Crippen LogP contribution in [-0.2, 0) is 0 Å². The number of rotatable bonds is 4. The minimum absolute atomic E-state index is 0.0684. The molecule has 2 rings (SSSR count). The van der Waals surface area contributed by atoms with Crippen molar-refractivity contribution in [2.24, 2.45) is 0 Å². The molecule has 3 nitrogen and oxygen atoms in total. The SMILES string of the molecule is C/C(=C\C(=O)c1ccncc1)Nc1cc(C)ccc1Cl. The first-order chi connectivity index (χ1) is 9.56. The number of allylic oxidation sites excluding steroid dienone is 2. The van der Waals surface area contributed by atoms with E-state index >= 15 is 0 Å². The number of aromatic nitrogens is 1. The fraction of sp³-hybridized carbons (Fsp3) is 0.125. The lowest BCUT2D eigenvalue weighted by Crippen LogP contribution is -2.02. The van der Waals surface area contributed by atoms with Gasteiger partial charge in [-0.15, -0.1) is 0 Å². The normalized spacial score (nSPS) is 11.2. The highest BCUT2D eigenvalue weighted by molar-refractivity contribution is 6.33. The van der Waals surface area contributed by atoms with E-state index in [2.05, 4.69) is 10.3 Å². The van der Waals surface area contributed by atoms with Gasteiger partial charge in [-0.3, -0.25) is 9.78 Å². The Morgan fingerprint density at radius 3 is 2.65 bits per heavy atom. The van der Waals surface area contributed by atoms with Crippen LogP contribution in [0.15, 0.2) is 54.5 Å². The highest BCUT2D eigenvalue weighted by atomic mass is 35.5. The molecule has 1 aromatic heterocycles. The quantitative estimate of drug-likeness (QED) is 0.675. The van der Waals surface area contributed by atoms with Crippen LogP contribution in [0.1, 0.15) is 22.8 Å². The van der Waals surface area contributed by atoms with Gasteiger partial charge in [0.05, 0.1) is 10.7 Å². The van der Waals surface area contributed by atoms with Crippen molar-refractivity contribution in [3.63, 3.8) is 0 Å². The summed E-state index contributed by atoms with van der Waals surface area (Å²) in [5.41, 5.74) is 3.24. The lowest BCUT2D eigenvalue weighted by Gasteiger charge is -2.09. The number of pyridine rings is 1. The van der Waals surface area contributed by atoms with E-state index in [-0.39, 0.29) is 5.78 Å². The Hall–Kier alpha value is -2.13. The molecule has 0 aliphatic carbocycles. The fourth-order valence-corrected chi connectivity index (χ4v) is 1.94. The Morgan fingerprint density at radius 2 is 1.95 bits per heavy atom. The van der Waals surface area contributed by atoms with E-state index in [1.807, 2.05) is 32.0 Å².